The quantitative estimate of drug-likeness (QED) is 0.878. The van der Waals surface area contributed by atoms with Gasteiger partial charge < -0.3 is 15.4 Å². The smallest absolute Gasteiger partial charge is 0.238 e. The van der Waals surface area contributed by atoms with Crippen LogP contribution in [0.2, 0.25) is 0 Å². The van der Waals surface area contributed by atoms with Gasteiger partial charge in [-0.2, -0.15) is 0 Å². The van der Waals surface area contributed by atoms with Crippen LogP contribution in [0.25, 0.3) is 0 Å². The molecule has 1 atom stereocenters. The molecule has 0 spiro atoms. The van der Waals surface area contributed by atoms with E-state index in [0.717, 1.165) is 37.2 Å². The van der Waals surface area contributed by atoms with Crippen LogP contribution in [0.15, 0.2) is 18.2 Å². The van der Waals surface area contributed by atoms with Crippen LogP contribution in [0.4, 0.5) is 5.69 Å². The van der Waals surface area contributed by atoms with Crippen molar-refractivity contribution in [3.05, 3.63) is 29.3 Å². The Labute approximate surface area is 126 Å². The highest BCUT2D eigenvalue weighted by molar-refractivity contribution is 5.92. The lowest BCUT2D eigenvalue weighted by Gasteiger charge is -2.12. The van der Waals surface area contributed by atoms with Crippen molar-refractivity contribution >= 4 is 24.0 Å². The van der Waals surface area contributed by atoms with Crippen molar-refractivity contribution in [3.8, 4) is 0 Å². The number of halogens is 1. The van der Waals surface area contributed by atoms with Crippen molar-refractivity contribution in [3.63, 3.8) is 0 Å². The number of ether oxygens (including phenoxy) is 1. The maximum Gasteiger partial charge on any atom is 0.238 e. The summed E-state index contributed by atoms with van der Waals surface area (Å²) in [6.07, 6.45) is 2.49. The minimum atomic E-state index is -0.00931. The number of nitrogens with one attached hydrogen (secondary N) is 2. The average Bonchev–Trinajstić information content (AvgIpc) is 2.86. The van der Waals surface area contributed by atoms with Gasteiger partial charge in [0.15, 0.2) is 0 Å². The first-order valence-electron chi connectivity index (χ1n) is 6.84. The molecular weight excluding hydrogens is 276 g/mol. The van der Waals surface area contributed by atoms with Gasteiger partial charge in [-0.05, 0) is 38.3 Å². The molecule has 4 nitrogen and oxygen atoms in total. The molecule has 1 heterocycles. The van der Waals surface area contributed by atoms with Gasteiger partial charge in [0.1, 0.15) is 0 Å². The van der Waals surface area contributed by atoms with Gasteiger partial charge in [0.05, 0.1) is 12.6 Å². The van der Waals surface area contributed by atoms with Crippen molar-refractivity contribution in [1.29, 1.82) is 0 Å². The Morgan fingerprint density at radius 1 is 1.40 bits per heavy atom. The van der Waals surface area contributed by atoms with E-state index in [-0.39, 0.29) is 24.4 Å². The normalized spacial score (nSPS) is 17.6. The van der Waals surface area contributed by atoms with E-state index in [0.29, 0.717) is 6.54 Å². The van der Waals surface area contributed by atoms with Gasteiger partial charge in [0.2, 0.25) is 5.91 Å². The van der Waals surface area contributed by atoms with Crippen molar-refractivity contribution < 1.29 is 9.53 Å². The number of hydrogen-bond donors (Lipinski definition) is 2. The number of rotatable bonds is 5. The Morgan fingerprint density at radius 3 is 2.85 bits per heavy atom. The largest absolute Gasteiger partial charge is 0.377 e. The Hall–Kier alpha value is -1.10. The van der Waals surface area contributed by atoms with E-state index in [1.807, 2.05) is 26.0 Å². The van der Waals surface area contributed by atoms with Crippen molar-refractivity contribution in [2.24, 2.45) is 0 Å². The van der Waals surface area contributed by atoms with Crippen molar-refractivity contribution in [2.75, 3.05) is 25.0 Å². The Morgan fingerprint density at radius 2 is 2.20 bits per heavy atom. The predicted octanol–water partition coefficient (Wildman–Crippen LogP) is 2.43. The lowest BCUT2D eigenvalue weighted by molar-refractivity contribution is -0.115. The second kappa shape index (κ2) is 8.25. The molecule has 5 heteroatoms. The van der Waals surface area contributed by atoms with Gasteiger partial charge in [-0.3, -0.25) is 4.79 Å². The number of anilines is 1. The summed E-state index contributed by atoms with van der Waals surface area (Å²) in [5.41, 5.74) is 3.17. The molecule has 1 fully saturated rings. The Balaban J connectivity index is 0.00000200. The molecule has 2 N–H and O–H groups in total. The molecule has 0 radical (unpaired) electrons. The summed E-state index contributed by atoms with van der Waals surface area (Å²) in [5, 5.41) is 6.06. The molecular formula is C15H23ClN2O2. The zero-order chi connectivity index (χ0) is 13.7. The zero-order valence-corrected chi connectivity index (χ0v) is 12.9. The van der Waals surface area contributed by atoms with Crippen molar-refractivity contribution in [1.82, 2.24) is 5.32 Å². The Kier molecular flexibility index (Phi) is 6.99. The summed E-state index contributed by atoms with van der Waals surface area (Å²) in [4.78, 5) is 11.8. The van der Waals surface area contributed by atoms with Crippen LogP contribution < -0.4 is 10.6 Å². The standard InChI is InChI=1S/C15H22N2O2.ClH/c1-11-5-6-14(12(2)8-11)17-15(18)10-16-9-13-4-3-7-19-13;/h5-6,8,13,16H,3-4,7,9-10H2,1-2H3,(H,17,18);1H. The third-order valence-corrected chi connectivity index (χ3v) is 3.34. The molecule has 1 aromatic carbocycles. The monoisotopic (exact) mass is 298 g/mol. The first-order chi connectivity index (χ1) is 9.15. The maximum absolute atomic E-state index is 11.8. The highest BCUT2D eigenvalue weighted by Gasteiger charge is 2.15. The number of benzene rings is 1. The summed E-state index contributed by atoms with van der Waals surface area (Å²) in [6.45, 7) is 5.97. The number of carbonyl (C=O) groups is 1. The fourth-order valence-electron chi connectivity index (χ4n) is 2.30. The fraction of sp³-hybridized carbons (Fsp3) is 0.533. The van der Waals surface area contributed by atoms with Gasteiger partial charge in [0.25, 0.3) is 0 Å². The number of amides is 1. The van der Waals surface area contributed by atoms with Gasteiger partial charge in [-0.1, -0.05) is 17.7 Å². The third-order valence-electron chi connectivity index (χ3n) is 3.34. The fourth-order valence-corrected chi connectivity index (χ4v) is 2.30. The van der Waals surface area contributed by atoms with Gasteiger partial charge >= 0.3 is 0 Å². The summed E-state index contributed by atoms with van der Waals surface area (Å²) in [7, 11) is 0. The van der Waals surface area contributed by atoms with Crippen LogP contribution in [0.3, 0.4) is 0 Å². The van der Waals surface area contributed by atoms with Crippen LogP contribution >= 0.6 is 12.4 Å². The molecule has 0 saturated carbocycles. The molecule has 1 aliphatic rings. The van der Waals surface area contributed by atoms with Crippen molar-refractivity contribution in [2.45, 2.75) is 32.8 Å². The molecule has 1 aliphatic heterocycles. The molecule has 0 bridgehead atoms. The summed E-state index contributed by atoms with van der Waals surface area (Å²) < 4.78 is 5.49. The van der Waals surface area contributed by atoms with Gasteiger partial charge in [-0.25, -0.2) is 0 Å². The first kappa shape index (κ1) is 17.0. The molecule has 1 saturated heterocycles. The topological polar surface area (TPSA) is 50.4 Å². The lowest BCUT2D eigenvalue weighted by Crippen LogP contribution is -2.33. The van der Waals surface area contributed by atoms with E-state index < -0.39 is 0 Å². The lowest BCUT2D eigenvalue weighted by atomic mass is 10.1. The SMILES string of the molecule is Cc1ccc(NC(=O)CNCC2CCCO2)c(C)c1.Cl. The van der Waals surface area contributed by atoms with Gasteiger partial charge in [-0.15, -0.1) is 12.4 Å². The minimum absolute atomic E-state index is 0. The molecule has 112 valence electrons. The second-order valence-corrected chi connectivity index (χ2v) is 5.13. The molecule has 1 unspecified atom stereocenters. The van der Waals surface area contributed by atoms with Crippen LogP contribution in [0, 0.1) is 13.8 Å². The summed E-state index contributed by atoms with van der Waals surface area (Å²) in [6, 6.07) is 6.01. The minimum Gasteiger partial charge on any atom is -0.377 e. The highest BCUT2D eigenvalue weighted by Crippen LogP contribution is 2.15. The first-order valence-corrected chi connectivity index (χ1v) is 6.84. The maximum atomic E-state index is 11.8. The van der Waals surface area contributed by atoms with E-state index >= 15 is 0 Å². The van der Waals surface area contributed by atoms with E-state index in [1.165, 1.54) is 5.56 Å². The van der Waals surface area contributed by atoms with Crippen LogP contribution in [0.5, 0.6) is 0 Å². The highest BCUT2D eigenvalue weighted by atomic mass is 35.5. The molecule has 2 rings (SSSR count). The summed E-state index contributed by atoms with van der Waals surface area (Å²) >= 11 is 0. The van der Waals surface area contributed by atoms with Crippen LogP contribution in [-0.4, -0.2) is 31.7 Å². The molecule has 1 amide bonds. The molecule has 0 aromatic heterocycles. The van der Waals surface area contributed by atoms with Gasteiger partial charge in [0, 0.05) is 18.8 Å². The summed E-state index contributed by atoms with van der Waals surface area (Å²) in [5.74, 6) is -0.00931. The third kappa shape index (κ3) is 5.12. The number of aryl methyl sites for hydroxylation is 2. The molecule has 0 aliphatic carbocycles. The predicted molar refractivity (Wildman–Crippen MR) is 83.6 cm³/mol. The average molecular weight is 299 g/mol. The number of carbonyl (C=O) groups excluding carboxylic acids is 1. The Bertz CT molecular complexity index is 445. The second-order valence-electron chi connectivity index (χ2n) is 5.13. The van der Waals surface area contributed by atoms with Crippen LogP contribution in [0.1, 0.15) is 24.0 Å². The molecule has 1 aromatic rings. The van der Waals surface area contributed by atoms with E-state index in [2.05, 4.69) is 16.7 Å². The number of hydrogen-bond acceptors (Lipinski definition) is 3. The zero-order valence-electron chi connectivity index (χ0n) is 12.1. The molecule has 20 heavy (non-hydrogen) atoms. The van der Waals surface area contributed by atoms with E-state index in [4.69, 9.17) is 4.74 Å². The van der Waals surface area contributed by atoms with E-state index in [1.54, 1.807) is 0 Å². The van der Waals surface area contributed by atoms with Crippen LogP contribution in [-0.2, 0) is 9.53 Å². The van der Waals surface area contributed by atoms with E-state index in [9.17, 15) is 4.79 Å².